The molecule has 1 N–H and O–H groups in total. The molecule has 1 unspecified atom stereocenters. The van der Waals surface area contributed by atoms with Gasteiger partial charge in [0, 0.05) is 24.8 Å². The molecule has 1 atom stereocenters. The highest BCUT2D eigenvalue weighted by Gasteiger charge is 2.19. The minimum atomic E-state index is 0.129. The van der Waals surface area contributed by atoms with Crippen molar-refractivity contribution in [3.63, 3.8) is 0 Å². The quantitative estimate of drug-likeness (QED) is 0.872. The molecule has 1 aliphatic rings. The molecule has 0 spiro atoms. The van der Waals surface area contributed by atoms with E-state index in [1.54, 1.807) is 0 Å². The predicted molar refractivity (Wildman–Crippen MR) is 86.0 cm³/mol. The van der Waals surface area contributed by atoms with Crippen molar-refractivity contribution in [1.29, 1.82) is 0 Å². The van der Waals surface area contributed by atoms with Crippen molar-refractivity contribution in [2.45, 2.75) is 46.6 Å². The third kappa shape index (κ3) is 4.84. The maximum absolute atomic E-state index is 5.73. The molecule has 1 aromatic heterocycles. The summed E-state index contributed by atoms with van der Waals surface area (Å²) in [5, 5.41) is 3.47. The van der Waals surface area contributed by atoms with Gasteiger partial charge in [0.05, 0.1) is 6.10 Å². The fourth-order valence-corrected chi connectivity index (χ4v) is 2.71. The van der Waals surface area contributed by atoms with Gasteiger partial charge in [0.25, 0.3) is 0 Å². The van der Waals surface area contributed by atoms with Gasteiger partial charge in [0.1, 0.15) is 0 Å². The summed E-state index contributed by atoms with van der Waals surface area (Å²) in [6, 6.07) is 1.90. The van der Waals surface area contributed by atoms with Crippen LogP contribution in [0.4, 0.5) is 5.95 Å². The molecule has 1 saturated heterocycles. The van der Waals surface area contributed by atoms with E-state index in [2.05, 4.69) is 27.1 Å². The molecular formula is C16H28N4O. The molecule has 0 aliphatic carbocycles. The van der Waals surface area contributed by atoms with Crippen LogP contribution in [0.15, 0.2) is 6.07 Å². The van der Waals surface area contributed by atoms with E-state index in [1.165, 1.54) is 12.8 Å². The van der Waals surface area contributed by atoms with Crippen molar-refractivity contribution in [3.05, 3.63) is 11.8 Å². The van der Waals surface area contributed by atoms with Crippen LogP contribution in [0.5, 0.6) is 5.88 Å². The van der Waals surface area contributed by atoms with Crippen LogP contribution in [0, 0.1) is 12.8 Å². The zero-order valence-corrected chi connectivity index (χ0v) is 13.7. The van der Waals surface area contributed by atoms with E-state index in [9.17, 15) is 0 Å². The molecule has 1 aliphatic heterocycles. The first kappa shape index (κ1) is 16.0. The molecule has 2 rings (SSSR count). The molecule has 2 heterocycles. The average molecular weight is 292 g/mol. The lowest BCUT2D eigenvalue weighted by atomic mass is 9.99. The number of aromatic nitrogens is 2. The number of rotatable bonds is 6. The number of ether oxygens (including phenoxy) is 1. The topological polar surface area (TPSA) is 50.3 Å². The SMILES string of the molecule is CCN(CC1CCCNC1)c1nc(C)cc(OC(C)C)n1. The van der Waals surface area contributed by atoms with Gasteiger partial charge < -0.3 is 15.0 Å². The van der Waals surface area contributed by atoms with E-state index < -0.39 is 0 Å². The fraction of sp³-hybridized carbons (Fsp3) is 0.750. The van der Waals surface area contributed by atoms with Gasteiger partial charge in [0.15, 0.2) is 0 Å². The predicted octanol–water partition coefficient (Wildman–Crippen LogP) is 2.40. The Morgan fingerprint density at radius 3 is 2.86 bits per heavy atom. The molecule has 1 fully saturated rings. The largest absolute Gasteiger partial charge is 0.475 e. The Labute approximate surface area is 128 Å². The van der Waals surface area contributed by atoms with Crippen LogP contribution in [-0.2, 0) is 0 Å². The van der Waals surface area contributed by atoms with E-state index in [4.69, 9.17) is 4.74 Å². The minimum absolute atomic E-state index is 0.129. The Kier molecular flexibility index (Phi) is 5.79. The van der Waals surface area contributed by atoms with Crippen LogP contribution < -0.4 is 15.0 Å². The monoisotopic (exact) mass is 292 g/mol. The van der Waals surface area contributed by atoms with Gasteiger partial charge in [-0.3, -0.25) is 0 Å². The molecule has 21 heavy (non-hydrogen) atoms. The molecule has 118 valence electrons. The van der Waals surface area contributed by atoms with E-state index >= 15 is 0 Å². The zero-order chi connectivity index (χ0) is 15.2. The van der Waals surface area contributed by atoms with E-state index in [0.29, 0.717) is 11.8 Å². The maximum atomic E-state index is 5.73. The zero-order valence-electron chi connectivity index (χ0n) is 13.7. The van der Waals surface area contributed by atoms with Gasteiger partial charge in [-0.1, -0.05) is 0 Å². The average Bonchev–Trinajstić information content (AvgIpc) is 2.44. The lowest BCUT2D eigenvalue weighted by Crippen LogP contribution is -2.39. The summed E-state index contributed by atoms with van der Waals surface area (Å²) in [4.78, 5) is 11.4. The Balaban J connectivity index is 2.10. The summed E-state index contributed by atoms with van der Waals surface area (Å²) in [6.45, 7) is 12.4. The molecule has 0 bridgehead atoms. The summed E-state index contributed by atoms with van der Waals surface area (Å²) in [7, 11) is 0. The Bertz CT molecular complexity index is 444. The molecule has 0 aromatic carbocycles. The van der Waals surface area contributed by atoms with Gasteiger partial charge in [-0.2, -0.15) is 4.98 Å². The number of anilines is 1. The van der Waals surface area contributed by atoms with Gasteiger partial charge in [-0.25, -0.2) is 4.98 Å². The number of nitrogens with one attached hydrogen (secondary N) is 1. The first-order chi connectivity index (χ1) is 10.1. The Morgan fingerprint density at radius 1 is 1.43 bits per heavy atom. The Hall–Kier alpha value is -1.36. The summed E-state index contributed by atoms with van der Waals surface area (Å²) in [6.07, 6.45) is 2.67. The standard InChI is InChI=1S/C16H28N4O/c1-5-20(11-14-7-6-8-17-10-14)16-18-13(4)9-15(19-16)21-12(2)3/h9,12,14,17H,5-8,10-11H2,1-4H3. The van der Waals surface area contributed by atoms with Gasteiger partial charge in [-0.05, 0) is 59.5 Å². The highest BCUT2D eigenvalue weighted by molar-refractivity contribution is 5.34. The minimum Gasteiger partial charge on any atom is -0.475 e. The van der Waals surface area contributed by atoms with Crippen LogP contribution in [0.3, 0.4) is 0 Å². The van der Waals surface area contributed by atoms with Crippen molar-refractivity contribution in [3.8, 4) is 5.88 Å². The smallest absolute Gasteiger partial charge is 0.228 e. The third-order valence-corrected chi connectivity index (χ3v) is 3.72. The van der Waals surface area contributed by atoms with Crippen molar-refractivity contribution in [2.24, 2.45) is 5.92 Å². The molecule has 0 amide bonds. The fourth-order valence-electron chi connectivity index (χ4n) is 2.71. The Morgan fingerprint density at radius 2 is 2.24 bits per heavy atom. The summed E-state index contributed by atoms with van der Waals surface area (Å²) in [5.41, 5.74) is 0.955. The number of nitrogens with zero attached hydrogens (tertiary/aromatic N) is 3. The lowest BCUT2D eigenvalue weighted by Gasteiger charge is -2.29. The summed E-state index contributed by atoms with van der Waals surface area (Å²) in [5.74, 6) is 2.14. The van der Waals surface area contributed by atoms with Crippen molar-refractivity contribution in [1.82, 2.24) is 15.3 Å². The highest BCUT2D eigenvalue weighted by atomic mass is 16.5. The molecular weight excluding hydrogens is 264 g/mol. The van der Waals surface area contributed by atoms with Crippen LogP contribution in [0.1, 0.15) is 39.3 Å². The lowest BCUT2D eigenvalue weighted by molar-refractivity contribution is 0.232. The number of piperidine rings is 1. The van der Waals surface area contributed by atoms with Gasteiger partial charge in [0.2, 0.25) is 11.8 Å². The molecule has 5 heteroatoms. The number of hydrogen-bond donors (Lipinski definition) is 1. The highest BCUT2D eigenvalue weighted by Crippen LogP contribution is 2.19. The van der Waals surface area contributed by atoms with E-state index in [1.807, 2.05) is 26.8 Å². The van der Waals surface area contributed by atoms with Crippen LogP contribution in [0.2, 0.25) is 0 Å². The van der Waals surface area contributed by atoms with Crippen molar-refractivity contribution < 1.29 is 4.74 Å². The molecule has 5 nitrogen and oxygen atoms in total. The maximum Gasteiger partial charge on any atom is 0.228 e. The summed E-state index contributed by atoms with van der Waals surface area (Å²) < 4.78 is 5.73. The molecule has 0 saturated carbocycles. The first-order valence-corrected chi connectivity index (χ1v) is 8.06. The van der Waals surface area contributed by atoms with Crippen molar-refractivity contribution in [2.75, 3.05) is 31.1 Å². The third-order valence-electron chi connectivity index (χ3n) is 3.72. The number of aryl methyl sites for hydroxylation is 1. The second-order valence-electron chi connectivity index (χ2n) is 6.07. The summed E-state index contributed by atoms with van der Waals surface area (Å²) >= 11 is 0. The molecule has 0 radical (unpaired) electrons. The second-order valence-corrected chi connectivity index (χ2v) is 6.07. The van der Waals surface area contributed by atoms with Crippen LogP contribution in [-0.4, -0.2) is 42.3 Å². The molecule has 1 aromatic rings. The number of hydrogen-bond acceptors (Lipinski definition) is 5. The second kappa shape index (κ2) is 7.59. The van der Waals surface area contributed by atoms with Crippen LogP contribution >= 0.6 is 0 Å². The van der Waals surface area contributed by atoms with E-state index in [-0.39, 0.29) is 6.10 Å². The first-order valence-electron chi connectivity index (χ1n) is 8.06. The van der Waals surface area contributed by atoms with Crippen LogP contribution in [0.25, 0.3) is 0 Å². The van der Waals surface area contributed by atoms with E-state index in [0.717, 1.165) is 37.8 Å². The van der Waals surface area contributed by atoms with Gasteiger partial charge in [-0.15, -0.1) is 0 Å². The van der Waals surface area contributed by atoms with Crippen molar-refractivity contribution >= 4 is 5.95 Å². The normalized spacial score (nSPS) is 18.8. The van der Waals surface area contributed by atoms with Gasteiger partial charge >= 0.3 is 0 Å².